The molecule has 140 valence electrons. The van der Waals surface area contributed by atoms with E-state index in [2.05, 4.69) is 15.5 Å². The number of hydrogen-bond acceptors (Lipinski definition) is 6. The molecule has 0 saturated carbocycles. The third kappa shape index (κ3) is 4.53. The number of aromatic nitrogens is 3. The summed E-state index contributed by atoms with van der Waals surface area (Å²) in [5.74, 6) is -0.580. The molecule has 3 rings (SSSR count). The number of nitrogens with one attached hydrogen (secondary N) is 1. The van der Waals surface area contributed by atoms with Gasteiger partial charge >= 0.3 is 5.97 Å². The quantitative estimate of drug-likeness (QED) is 0.652. The minimum absolute atomic E-state index is 0.0295. The van der Waals surface area contributed by atoms with Crippen molar-refractivity contribution in [2.75, 3.05) is 6.61 Å². The van der Waals surface area contributed by atoms with Crippen molar-refractivity contribution in [2.45, 2.75) is 19.9 Å². The molecule has 2 heterocycles. The molecule has 0 aliphatic heterocycles. The maximum absolute atomic E-state index is 12.2. The lowest BCUT2D eigenvalue weighted by atomic mass is 10.2. The molecular formula is C18H17ClN4O4. The topological polar surface area (TPSA) is 99.3 Å². The number of carbonyl (C=O) groups is 2. The van der Waals surface area contributed by atoms with Crippen molar-refractivity contribution < 1.29 is 18.7 Å². The van der Waals surface area contributed by atoms with E-state index in [0.29, 0.717) is 22.2 Å². The predicted octanol–water partition coefficient (Wildman–Crippen LogP) is 2.86. The smallest absolute Gasteiger partial charge is 0.361 e. The zero-order valence-corrected chi connectivity index (χ0v) is 15.4. The first-order valence-corrected chi connectivity index (χ1v) is 8.51. The SMILES string of the molecule is Cc1nn(-c2cccc(Cl)c2)nc1C(=O)OCC(=O)N[C@@H](C)c1ccco1. The second-order valence-corrected chi connectivity index (χ2v) is 6.22. The van der Waals surface area contributed by atoms with Gasteiger partial charge in [-0.1, -0.05) is 17.7 Å². The summed E-state index contributed by atoms with van der Waals surface area (Å²) in [4.78, 5) is 25.5. The average molecular weight is 389 g/mol. The van der Waals surface area contributed by atoms with Gasteiger partial charge in [0.25, 0.3) is 5.91 Å². The molecule has 0 fully saturated rings. The molecule has 0 unspecified atom stereocenters. The van der Waals surface area contributed by atoms with Crippen LogP contribution in [0.1, 0.15) is 34.9 Å². The molecule has 1 aromatic carbocycles. The highest BCUT2D eigenvalue weighted by molar-refractivity contribution is 6.30. The van der Waals surface area contributed by atoms with Crippen LogP contribution >= 0.6 is 11.6 Å². The van der Waals surface area contributed by atoms with Crippen LogP contribution in [0, 0.1) is 6.92 Å². The number of ether oxygens (including phenoxy) is 1. The van der Waals surface area contributed by atoms with Gasteiger partial charge < -0.3 is 14.5 Å². The summed E-state index contributed by atoms with van der Waals surface area (Å²) in [5.41, 5.74) is 1.01. The van der Waals surface area contributed by atoms with E-state index in [1.807, 2.05) is 0 Å². The van der Waals surface area contributed by atoms with Crippen molar-refractivity contribution in [3.63, 3.8) is 0 Å². The fourth-order valence-electron chi connectivity index (χ4n) is 2.37. The minimum atomic E-state index is -0.735. The van der Waals surface area contributed by atoms with E-state index in [-0.39, 0.29) is 11.7 Å². The predicted molar refractivity (Wildman–Crippen MR) is 96.7 cm³/mol. The Labute approximate surface area is 160 Å². The summed E-state index contributed by atoms with van der Waals surface area (Å²) >= 11 is 5.96. The highest BCUT2D eigenvalue weighted by Crippen LogP contribution is 2.15. The Morgan fingerprint density at radius 3 is 2.81 bits per heavy atom. The fourth-order valence-corrected chi connectivity index (χ4v) is 2.56. The van der Waals surface area contributed by atoms with Crippen molar-refractivity contribution in [1.29, 1.82) is 0 Å². The van der Waals surface area contributed by atoms with Crippen molar-refractivity contribution >= 4 is 23.5 Å². The van der Waals surface area contributed by atoms with E-state index >= 15 is 0 Å². The Bertz CT molecular complexity index is 952. The summed E-state index contributed by atoms with van der Waals surface area (Å²) in [6.45, 7) is 2.95. The van der Waals surface area contributed by atoms with Gasteiger partial charge in [0, 0.05) is 5.02 Å². The fraction of sp³-hybridized carbons (Fsp3) is 0.222. The Kier molecular flexibility index (Phi) is 5.56. The standard InChI is InChI=1S/C18H17ClN4O4/c1-11(15-7-4-8-26-15)20-16(24)10-27-18(25)17-12(2)21-23(22-17)14-6-3-5-13(19)9-14/h3-9,11H,10H2,1-2H3,(H,20,24)/t11-/m0/s1. The second kappa shape index (κ2) is 8.05. The molecular weight excluding hydrogens is 372 g/mol. The first kappa shape index (κ1) is 18.7. The first-order chi connectivity index (χ1) is 12.9. The number of halogens is 1. The van der Waals surface area contributed by atoms with E-state index < -0.39 is 18.5 Å². The largest absolute Gasteiger partial charge is 0.467 e. The number of carbonyl (C=O) groups excluding carboxylic acids is 2. The van der Waals surface area contributed by atoms with Gasteiger partial charge in [-0.05, 0) is 44.2 Å². The van der Waals surface area contributed by atoms with Crippen LogP contribution in [0.3, 0.4) is 0 Å². The molecule has 1 amide bonds. The Balaban J connectivity index is 1.60. The van der Waals surface area contributed by atoms with Gasteiger partial charge in [-0.15, -0.1) is 5.10 Å². The number of nitrogens with zero attached hydrogens (tertiary/aromatic N) is 3. The van der Waals surface area contributed by atoms with Crippen molar-refractivity contribution in [1.82, 2.24) is 20.3 Å². The van der Waals surface area contributed by atoms with Crippen LogP contribution in [0.25, 0.3) is 5.69 Å². The third-order valence-corrected chi connectivity index (χ3v) is 3.93. The van der Waals surface area contributed by atoms with Gasteiger partial charge in [-0.3, -0.25) is 4.79 Å². The van der Waals surface area contributed by atoms with Crippen LogP contribution in [-0.4, -0.2) is 33.5 Å². The maximum Gasteiger partial charge on any atom is 0.361 e. The van der Waals surface area contributed by atoms with Crippen LogP contribution in [0.5, 0.6) is 0 Å². The van der Waals surface area contributed by atoms with Gasteiger partial charge in [0.1, 0.15) is 5.76 Å². The lowest BCUT2D eigenvalue weighted by Crippen LogP contribution is -2.31. The number of amides is 1. The lowest BCUT2D eigenvalue weighted by Gasteiger charge is -2.11. The van der Waals surface area contributed by atoms with Gasteiger partial charge in [0.05, 0.1) is 23.7 Å². The second-order valence-electron chi connectivity index (χ2n) is 5.78. The molecule has 8 nitrogen and oxygen atoms in total. The molecule has 1 N–H and O–H groups in total. The number of hydrogen-bond donors (Lipinski definition) is 1. The zero-order valence-electron chi connectivity index (χ0n) is 14.7. The summed E-state index contributed by atoms with van der Waals surface area (Å²) in [6, 6.07) is 10.0. The van der Waals surface area contributed by atoms with Crippen LogP contribution < -0.4 is 5.32 Å². The summed E-state index contributed by atoms with van der Waals surface area (Å²) < 4.78 is 10.2. The Hall–Kier alpha value is -3.13. The number of rotatable bonds is 6. The first-order valence-electron chi connectivity index (χ1n) is 8.14. The van der Waals surface area contributed by atoms with Gasteiger partial charge in [0.15, 0.2) is 12.3 Å². The third-order valence-electron chi connectivity index (χ3n) is 3.70. The lowest BCUT2D eigenvalue weighted by molar-refractivity contribution is -0.125. The van der Waals surface area contributed by atoms with E-state index in [1.54, 1.807) is 50.2 Å². The van der Waals surface area contributed by atoms with Gasteiger partial charge in [-0.2, -0.15) is 9.90 Å². The molecule has 0 radical (unpaired) electrons. The Morgan fingerprint density at radius 2 is 2.11 bits per heavy atom. The Morgan fingerprint density at radius 1 is 1.30 bits per heavy atom. The maximum atomic E-state index is 12.2. The minimum Gasteiger partial charge on any atom is -0.467 e. The molecule has 0 saturated heterocycles. The average Bonchev–Trinajstić information content (AvgIpc) is 3.29. The number of benzene rings is 1. The van der Waals surface area contributed by atoms with Crippen molar-refractivity contribution in [3.8, 4) is 5.69 Å². The van der Waals surface area contributed by atoms with Crippen LogP contribution in [0.2, 0.25) is 5.02 Å². The highest BCUT2D eigenvalue weighted by Gasteiger charge is 2.20. The molecule has 0 spiro atoms. The molecule has 27 heavy (non-hydrogen) atoms. The van der Waals surface area contributed by atoms with Crippen molar-refractivity contribution in [2.24, 2.45) is 0 Å². The van der Waals surface area contributed by atoms with Gasteiger partial charge in [-0.25, -0.2) is 4.79 Å². The summed E-state index contributed by atoms with van der Waals surface area (Å²) in [6.07, 6.45) is 1.52. The zero-order chi connectivity index (χ0) is 19.4. The molecule has 0 aliphatic rings. The van der Waals surface area contributed by atoms with E-state index in [0.717, 1.165) is 0 Å². The highest BCUT2D eigenvalue weighted by atomic mass is 35.5. The number of furan rings is 1. The van der Waals surface area contributed by atoms with Crippen LogP contribution in [-0.2, 0) is 9.53 Å². The molecule has 0 bridgehead atoms. The molecule has 0 aliphatic carbocycles. The summed E-state index contributed by atoms with van der Waals surface area (Å²) in [5, 5.41) is 11.5. The van der Waals surface area contributed by atoms with E-state index in [4.69, 9.17) is 20.8 Å². The molecule has 3 aromatic rings. The molecule has 1 atom stereocenters. The molecule has 2 aromatic heterocycles. The van der Waals surface area contributed by atoms with E-state index in [1.165, 1.54) is 11.1 Å². The van der Waals surface area contributed by atoms with E-state index in [9.17, 15) is 9.59 Å². The van der Waals surface area contributed by atoms with Crippen molar-refractivity contribution in [3.05, 3.63) is 64.8 Å². The normalized spacial score (nSPS) is 11.8. The van der Waals surface area contributed by atoms with Crippen LogP contribution in [0.15, 0.2) is 47.1 Å². The van der Waals surface area contributed by atoms with Crippen LogP contribution in [0.4, 0.5) is 0 Å². The molecule has 9 heteroatoms. The number of esters is 1. The van der Waals surface area contributed by atoms with Gasteiger partial charge in [0.2, 0.25) is 0 Å². The number of aryl methyl sites for hydroxylation is 1. The monoisotopic (exact) mass is 388 g/mol. The summed E-state index contributed by atoms with van der Waals surface area (Å²) in [7, 11) is 0.